The van der Waals surface area contributed by atoms with Crippen LogP contribution in [0.5, 0.6) is 11.6 Å². The lowest BCUT2D eigenvalue weighted by atomic mass is 10.2. The van der Waals surface area contributed by atoms with Crippen LogP contribution in [0.4, 0.5) is 5.69 Å². The molecule has 6 nitrogen and oxygen atoms in total. The fraction of sp³-hybridized carbons (Fsp3) is 0.154. The molecule has 1 heterocycles. The second-order valence-corrected chi connectivity index (χ2v) is 5.13. The standard InChI is InChI=1S/C13H11Cl2N3O3/c1-7(16)8-2-3-13(17-6-8)21-12-5-10(15)9(14)4-11(12)18(19)20/h2-7H,16H2,1H3/t7-/m1/s1. The van der Waals surface area contributed by atoms with E-state index in [4.69, 9.17) is 33.7 Å². The molecule has 2 aromatic rings. The largest absolute Gasteiger partial charge is 0.432 e. The Bertz CT molecular complexity index is 675. The molecule has 0 fully saturated rings. The zero-order chi connectivity index (χ0) is 15.6. The summed E-state index contributed by atoms with van der Waals surface area (Å²) in [5, 5.41) is 11.2. The number of halogens is 2. The van der Waals surface area contributed by atoms with Crippen molar-refractivity contribution in [2.75, 3.05) is 0 Å². The van der Waals surface area contributed by atoms with Gasteiger partial charge >= 0.3 is 5.69 Å². The van der Waals surface area contributed by atoms with Crippen molar-refractivity contribution in [3.8, 4) is 11.6 Å². The molecule has 0 aliphatic carbocycles. The molecule has 1 aromatic carbocycles. The molecule has 0 saturated heterocycles. The molecule has 2 rings (SSSR count). The third-order valence-corrected chi connectivity index (χ3v) is 3.42. The first-order chi connectivity index (χ1) is 9.88. The number of nitrogens with two attached hydrogens (primary N) is 1. The van der Waals surface area contributed by atoms with Gasteiger partial charge in [-0.2, -0.15) is 0 Å². The molecule has 0 spiro atoms. The van der Waals surface area contributed by atoms with E-state index in [9.17, 15) is 10.1 Å². The summed E-state index contributed by atoms with van der Waals surface area (Å²) >= 11 is 11.6. The van der Waals surface area contributed by atoms with Crippen molar-refractivity contribution >= 4 is 28.9 Å². The van der Waals surface area contributed by atoms with Gasteiger partial charge in [0.05, 0.1) is 15.0 Å². The zero-order valence-corrected chi connectivity index (χ0v) is 12.4. The van der Waals surface area contributed by atoms with Gasteiger partial charge in [0.15, 0.2) is 0 Å². The van der Waals surface area contributed by atoms with Gasteiger partial charge in [-0.3, -0.25) is 10.1 Å². The first-order valence-electron chi connectivity index (χ1n) is 5.91. The van der Waals surface area contributed by atoms with Crippen LogP contribution in [0.3, 0.4) is 0 Å². The Kier molecular flexibility index (Phi) is 4.62. The van der Waals surface area contributed by atoms with Crippen LogP contribution in [0, 0.1) is 10.1 Å². The maximum absolute atomic E-state index is 11.0. The number of nitrogens with zero attached hydrogens (tertiary/aromatic N) is 2. The first-order valence-corrected chi connectivity index (χ1v) is 6.67. The number of nitro groups is 1. The van der Waals surface area contributed by atoms with Gasteiger partial charge in [0.2, 0.25) is 11.6 Å². The lowest BCUT2D eigenvalue weighted by Crippen LogP contribution is -2.05. The van der Waals surface area contributed by atoms with Crippen molar-refractivity contribution in [3.63, 3.8) is 0 Å². The molecule has 0 unspecified atom stereocenters. The van der Waals surface area contributed by atoms with E-state index in [1.165, 1.54) is 6.07 Å². The summed E-state index contributed by atoms with van der Waals surface area (Å²) in [6.07, 6.45) is 1.54. The highest BCUT2D eigenvalue weighted by Gasteiger charge is 2.19. The molecule has 1 aromatic heterocycles. The van der Waals surface area contributed by atoms with E-state index >= 15 is 0 Å². The lowest BCUT2D eigenvalue weighted by molar-refractivity contribution is -0.385. The van der Waals surface area contributed by atoms with Crippen molar-refractivity contribution in [2.24, 2.45) is 5.73 Å². The highest BCUT2D eigenvalue weighted by atomic mass is 35.5. The summed E-state index contributed by atoms with van der Waals surface area (Å²) in [7, 11) is 0. The number of ether oxygens (including phenoxy) is 1. The number of hydrogen-bond donors (Lipinski definition) is 1. The van der Waals surface area contributed by atoms with Gasteiger partial charge in [-0.15, -0.1) is 0 Å². The first kappa shape index (κ1) is 15.5. The molecule has 21 heavy (non-hydrogen) atoms. The van der Waals surface area contributed by atoms with E-state index in [0.717, 1.165) is 11.6 Å². The van der Waals surface area contributed by atoms with Gasteiger partial charge in [-0.1, -0.05) is 29.3 Å². The van der Waals surface area contributed by atoms with Crippen molar-refractivity contribution in [1.29, 1.82) is 0 Å². The topological polar surface area (TPSA) is 91.3 Å². The molecule has 0 saturated carbocycles. The maximum atomic E-state index is 11.0. The molecule has 2 N–H and O–H groups in total. The predicted octanol–water partition coefficient (Wildman–Crippen LogP) is 4.11. The van der Waals surface area contributed by atoms with Crippen LogP contribution in [0.2, 0.25) is 10.0 Å². The summed E-state index contributed by atoms with van der Waals surface area (Å²) < 4.78 is 5.40. The van der Waals surface area contributed by atoms with Crippen LogP contribution < -0.4 is 10.5 Å². The Labute approximate surface area is 130 Å². The average Bonchev–Trinajstić information content (AvgIpc) is 2.43. The van der Waals surface area contributed by atoms with Crippen LogP contribution >= 0.6 is 23.2 Å². The molecule has 0 aliphatic heterocycles. The third kappa shape index (κ3) is 3.60. The summed E-state index contributed by atoms with van der Waals surface area (Å²) in [4.78, 5) is 14.4. The number of nitro benzene ring substituents is 1. The molecular formula is C13H11Cl2N3O3. The van der Waals surface area contributed by atoms with Crippen LogP contribution in [0.1, 0.15) is 18.5 Å². The zero-order valence-electron chi connectivity index (χ0n) is 10.9. The van der Waals surface area contributed by atoms with E-state index in [2.05, 4.69) is 4.98 Å². The van der Waals surface area contributed by atoms with Crippen molar-refractivity contribution in [1.82, 2.24) is 4.98 Å². The van der Waals surface area contributed by atoms with Gasteiger partial charge in [0, 0.05) is 30.4 Å². The van der Waals surface area contributed by atoms with Gasteiger partial charge in [0.25, 0.3) is 0 Å². The van der Waals surface area contributed by atoms with Crippen LogP contribution in [-0.4, -0.2) is 9.91 Å². The normalized spacial score (nSPS) is 12.0. The van der Waals surface area contributed by atoms with Gasteiger partial charge in [0.1, 0.15) is 0 Å². The van der Waals surface area contributed by atoms with Gasteiger partial charge < -0.3 is 10.5 Å². The van der Waals surface area contributed by atoms with Crippen molar-refractivity contribution in [2.45, 2.75) is 13.0 Å². The molecule has 110 valence electrons. The molecule has 0 aliphatic rings. The predicted molar refractivity (Wildman–Crippen MR) is 80.0 cm³/mol. The molecule has 8 heteroatoms. The maximum Gasteiger partial charge on any atom is 0.313 e. The van der Waals surface area contributed by atoms with E-state index < -0.39 is 4.92 Å². The van der Waals surface area contributed by atoms with E-state index in [0.29, 0.717) is 0 Å². The Morgan fingerprint density at radius 3 is 2.52 bits per heavy atom. The fourth-order valence-corrected chi connectivity index (χ4v) is 1.89. The Morgan fingerprint density at radius 1 is 1.33 bits per heavy atom. The number of hydrogen-bond acceptors (Lipinski definition) is 5. The summed E-state index contributed by atoms with van der Waals surface area (Å²) in [5.74, 6) is 0.163. The Balaban J connectivity index is 2.34. The average molecular weight is 328 g/mol. The highest BCUT2D eigenvalue weighted by Crippen LogP contribution is 2.37. The molecule has 1 atom stereocenters. The van der Waals surface area contributed by atoms with Crippen LogP contribution in [0.25, 0.3) is 0 Å². The van der Waals surface area contributed by atoms with E-state index in [1.807, 2.05) is 6.92 Å². The minimum Gasteiger partial charge on any atom is -0.432 e. The second kappa shape index (κ2) is 6.26. The lowest BCUT2D eigenvalue weighted by Gasteiger charge is -2.08. The third-order valence-electron chi connectivity index (χ3n) is 2.70. The minimum atomic E-state index is -0.603. The fourth-order valence-electron chi connectivity index (χ4n) is 1.58. The summed E-state index contributed by atoms with van der Waals surface area (Å²) in [6.45, 7) is 1.82. The molecule has 0 bridgehead atoms. The van der Waals surface area contributed by atoms with Crippen molar-refractivity contribution < 1.29 is 9.66 Å². The van der Waals surface area contributed by atoms with Crippen LogP contribution in [0.15, 0.2) is 30.5 Å². The van der Waals surface area contributed by atoms with E-state index in [-0.39, 0.29) is 33.4 Å². The Hall–Kier alpha value is -1.89. The Morgan fingerprint density at radius 2 is 2.00 bits per heavy atom. The van der Waals surface area contributed by atoms with Crippen molar-refractivity contribution in [3.05, 3.63) is 56.2 Å². The molecule has 0 amide bonds. The summed E-state index contributed by atoms with van der Waals surface area (Å²) in [5.41, 5.74) is 6.25. The minimum absolute atomic E-state index is 0.0320. The summed E-state index contributed by atoms with van der Waals surface area (Å²) in [6, 6.07) is 5.56. The smallest absolute Gasteiger partial charge is 0.313 e. The quantitative estimate of drug-likeness (QED) is 0.673. The second-order valence-electron chi connectivity index (χ2n) is 4.31. The number of benzene rings is 1. The van der Waals surface area contributed by atoms with Gasteiger partial charge in [-0.25, -0.2) is 4.98 Å². The van der Waals surface area contributed by atoms with Crippen LogP contribution in [-0.2, 0) is 0 Å². The number of pyridine rings is 1. The molecule has 0 radical (unpaired) electrons. The highest BCUT2D eigenvalue weighted by molar-refractivity contribution is 6.42. The number of rotatable bonds is 4. The SMILES string of the molecule is C[C@@H](N)c1ccc(Oc2cc(Cl)c(Cl)cc2[N+](=O)[O-])nc1. The van der Waals surface area contributed by atoms with Gasteiger partial charge in [-0.05, 0) is 12.5 Å². The monoisotopic (exact) mass is 327 g/mol. The number of aromatic nitrogens is 1. The van der Waals surface area contributed by atoms with E-state index in [1.54, 1.807) is 18.3 Å². The molecular weight excluding hydrogens is 317 g/mol.